The quantitative estimate of drug-likeness (QED) is 0.0547. The van der Waals surface area contributed by atoms with Gasteiger partial charge in [0.15, 0.2) is 0 Å². The average Bonchev–Trinajstić information content (AvgIpc) is 2.97. The standard InChI is InChI=1S/C38H81P3/c1-8-15-20-24-29-34(13-6)36(39,31-27-22-17-10-3)38(41,33-26-19-12-5)37(40,32-28-23-18-11-4)35(14-7)30-25-21-16-9-2/h34-35H,8-33,39-41H2,1-7H3. The van der Waals surface area contributed by atoms with Crippen molar-refractivity contribution in [3.8, 4) is 0 Å². The molecule has 0 heterocycles. The normalized spacial score (nSPS) is 18.0. The third-order valence-electron chi connectivity index (χ3n) is 11.0. The summed E-state index contributed by atoms with van der Waals surface area (Å²) in [7, 11) is 11.2. The Kier molecular flexibility index (Phi) is 26.3. The van der Waals surface area contributed by atoms with Crippen LogP contribution in [0.5, 0.6) is 0 Å². The van der Waals surface area contributed by atoms with Crippen LogP contribution in [0.1, 0.15) is 215 Å². The highest BCUT2D eigenvalue weighted by atomic mass is 31.0. The van der Waals surface area contributed by atoms with Gasteiger partial charge in [-0.25, -0.2) is 0 Å². The van der Waals surface area contributed by atoms with E-state index in [-0.39, 0.29) is 15.5 Å². The van der Waals surface area contributed by atoms with E-state index in [1.807, 2.05) is 0 Å². The zero-order valence-electron chi connectivity index (χ0n) is 29.8. The highest BCUT2D eigenvalue weighted by Gasteiger charge is 2.59. The van der Waals surface area contributed by atoms with Gasteiger partial charge in [-0.2, -0.15) is 0 Å². The summed E-state index contributed by atoms with van der Waals surface area (Å²) >= 11 is 0. The van der Waals surface area contributed by atoms with Gasteiger partial charge in [0.25, 0.3) is 0 Å². The molecule has 41 heavy (non-hydrogen) atoms. The van der Waals surface area contributed by atoms with Crippen molar-refractivity contribution in [1.82, 2.24) is 0 Å². The molecule has 0 rings (SSSR count). The lowest BCUT2D eigenvalue weighted by Gasteiger charge is -2.62. The van der Waals surface area contributed by atoms with Gasteiger partial charge in [0.05, 0.1) is 0 Å². The molecule has 0 aliphatic heterocycles. The van der Waals surface area contributed by atoms with Gasteiger partial charge >= 0.3 is 0 Å². The van der Waals surface area contributed by atoms with Crippen molar-refractivity contribution in [2.24, 2.45) is 11.8 Å². The van der Waals surface area contributed by atoms with E-state index < -0.39 is 0 Å². The fraction of sp³-hybridized carbons (Fsp3) is 1.00. The monoisotopic (exact) mass is 631 g/mol. The third-order valence-corrected chi connectivity index (χ3v) is 15.6. The highest BCUT2D eigenvalue weighted by molar-refractivity contribution is 7.28. The largest absolute Gasteiger partial charge is 0.130 e. The second-order valence-electron chi connectivity index (χ2n) is 14.0. The van der Waals surface area contributed by atoms with Crippen molar-refractivity contribution < 1.29 is 0 Å². The first-order chi connectivity index (χ1) is 19.7. The predicted molar refractivity (Wildman–Crippen MR) is 204 cm³/mol. The van der Waals surface area contributed by atoms with E-state index in [1.165, 1.54) is 167 Å². The minimum absolute atomic E-state index is 0.236. The Morgan fingerprint density at radius 3 is 0.976 bits per heavy atom. The summed E-state index contributed by atoms with van der Waals surface area (Å²) in [5.41, 5.74) is 0. The minimum atomic E-state index is 0.236. The van der Waals surface area contributed by atoms with Gasteiger partial charge in [-0.05, 0) is 54.3 Å². The minimum Gasteiger partial charge on any atom is -0.130 e. The smallest absolute Gasteiger partial charge is 0.00358 e. The molecule has 0 spiro atoms. The van der Waals surface area contributed by atoms with E-state index in [4.69, 9.17) is 0 Å². The number of rotatable bonds is 30. The molecule has 0 aromatic heterocycles. The fourth-order valence-corrected chi connectivity index (χ4v) is 11.3. The fourth-order valence-electron chi connectivity index (χ4n) is 8.11. The molecule has 0 saturated carbocycles. The zero-order valence-corrected chi connectivity index (χ0v) is 33.2. The van der Waals surface area contributed by atoms with Crippen molar-refractivity contribution in [2.75, 3.05) is 0 Å². The summed E-state index contributed by atoms with van der Waals surface area (Å²) < 4.78 is 0. The van der Waals surface area contributed by atoms with Gasteiger partial charge in [-0.15, -0.1) is 27.7 Å². The van der Waals surface area contributed by atoms with Gasteiger partial charge in [-0.3, -0.25) is 0 Å². The molecule has 0 aliphatic carbocycles. The molecular weight excluding hydrogens is 549 g/mol. The van der Waals surface area contributed by atoms with Crippen LogP contribution in [0.2, 0.25) is 0 Å². The maximum absolute atomic E-state index is 3.75. The Bertz CT molecular complexity index is 536. The average molecular weight is 631 g/mol. The summed E-state index contributed by atoms with van der Waals surface area (Å²) in [6, 6.07) is 0. The van der Waals surface area contributed by atoms with Gasteiger partial charge in [0.2, 0.25) is 0 Å². The van der Waals surface area contributed by atoms with E-state index >= 15 is 0 Å². The maximum Gasteiger partial charge on any atom is 0.00358 e. The van der Waals surface area contributed by atoms with E-state index in [0.717, 1.165) is 11.8 Å². The summed E-state index contributed by atoms with van der Waals surface area (Å²) in [5, 5.41) is 0.798. The van der Waals surface area contributed by atoms with Crippen molar-refractivity contribution in [2.45, 2.75) is 231 Å². The Labute approximate surface area is 269 Å². The Balaban J connectivity index is 6.84. The first kappa shape index (κ1) is 42.3. The van der Waals surface area contributed by atoms with E-state index in [2.05, 4.69) is 76.2 Å². The first-order valence-electron chi connectivity index (χ1n) is 19.1. The first-order valence-corrected chi connectivity index (χ1v) is 20.8. The lowest BCUT2D eigenvalue weighted by Crippen LogP contribution is -2.63. The molecule has 0 fully saturated rings. The number of unbranched alkanes of at least 4 members (excludes halogenated alkanes) is 14. The van der Waals surface area contributed by atoms with Gasteiger partial charge in [0.1, 0.15) is 0 Å². The maximum atomic E-state index is 3.75. The van der Waals surface area contributed by atoms with Crippen LogP contribution in [0.15, 0.2) is 0 Å². The van der Waals surface area contributed by atoms with Crippen LogP contribution in [-0.2, 0) is 0 Å². The van der Waals surface area contributed by atoms with Crippen LogP contribution in [0.4, 0.5) is 0 Å². The third kappa shape index (κ3) is 14.1. The molecule has 0 aliphatic rings. The molecule has 0 amide bonds. The topological polar surface area (TPSA) is 0 Å². The van der Waals surface area contributed by atoms with Crippen LogP contribution >= 0.6 is 27.7 Å². The van der Waals surface area contributed by atoms with Crippen LogP contribution in [-0.4, -0.2) is 15.5 Å². The molecule has 0 radical (unpaired) electrons. The Morgan fingerprint density at radius 1 is 0.366 bits per heavy atom. The molecule has 0 aromatic carbocycles. The summed E-state index contributed by atoms with van der Waals surface area (Å²) in [5.74, 6) is 1.58. The van der Waals surface area contributed by atoms with Gasteiger partial charge < -0.3 is 0 Å². The Hall–Kier alpha value is 1.29. The molecule has 3 heteroatoms. The van der Waals surface area contributed by atoms with Gasteiger partial charge in [0, 0.05) is 5.16 Å². The molecule has 0 nitrogen and oxygen atoms in total. The second-order valence-corrected chi connectivity index (χ2v) is 17.1. The van der Waals surface area contributed by atoms with Crippen LogP contribution < -0.4 is 0 Å². The van der Waals surface area contributed by atoms with E-state index in [0.29, 0.717) is 0 Å². The van der Waals surface area contributed by atoms with Crippen molar-refractivity contribution in [1.29, 1.82) is 0 Å². The molecule has 0 N–H and O–H groups in total. The summed E-state index contributed by atoms with van der Waals surface area (Å²) in [6.45, 7) is 16.9. The molecule has 248 valence electrons. The van der Waals surface area contributed by atoms with Crippen molar-refractivity contribution >= 4 is 27.7 Å². The predicted octanol–water partition coefficient (Wildman–Crippen LogP) is 14.3. The molecule has 7 atom stereocenters. The highest BCUT2D eigenvalue weighted by Crippen LogP contribution is 2.64. The number of hydrogen-bond donors (Lipinski definition) is 0. The second kappa shape index (κ2) is 25.5. The van der Waals surface area contributed by atoms with Crippen molar-refractivity contribution in [3.63, 3.8) is 0 Å². The SMILES string of the molecule is CCCCCCC(CC)C(P)(CCCCCC)C(P)(CCCCC)C(P)(CCCCCC)C(CC)CCCCCC. The van der Waals surface area contributed by atoms with Crippen LogP contribution in [0, 0.1) is 11.8 Å². The van der Waals surface area contributed by atoms with E-state index in [1.54, 1.807) is 0 Å². The van der Waals surface area contributed by atoms with E-state index in [9.17, 15) is 0 Å². The number of hydrogen-bond acceptors (Lipinski definition) is 0. The lowest BCUT2D eigenvalue weighted by molar-refractivity contribution is 0.147. The Morgan fingerprint density at radius 2 is 0.659 bits per heavy atom. The van der Waals surface area contributed by atoms with Gasteiger partial charge in [-0.1, -0.05) is 183 Å². The molecule has 0 saturated heterocycles. The zero-order chi connectivity index (χ0) is 31.0. The molecule has 7 unspecified atom stereocenters. The molecule has 0 bridgehead atoms. The van der Waals surface area contributed by atoms with Crippen molar-refractivity contribution in [3.05, 3.63) is 0 Å². The molecular formula is C38H81P3. The van der Waals surface area contributed by atoms with Crippen LogP contribution in [0.3, 0.4) is 0 Å². The summed E-state index contributed by atoms with van der Waals surface area (Å²) in [6.07, 6.45) is 36.0. The lowest BCUT2D eigenvalue weighted by atomic mass is 9.61. The van der Waals surface area contributed by atoms with Crippen LogP contribution in [0.25, 0.3) is 0 Å². The molecule has 0 aromatic rings. The summed E-state index contributed by atoms with van der Waals surface area (Å²) in [4.78, 5) is 0.